The van der Waals surface area contributed by atoms with Gasteiger partial charge >= 0.3 is 0 Å². The van der Waals surface area contributed by atoms with E-state index in [4.69, 9.17) is 9.47 Å². The molecule has 41 heavy (non-hydrogen) atoms. The number of methoxy groups -OCH3 is 2. The van der Waals surface area contributed by atoms with Crippen LogP contribution in [0.4, 0.5) is 5.69 Å². The van der Waals surface area contributed by atoms with Crippen LogP contribution >= 0.6 is 15.9 Å². The minimum atomic E-state index is -4.25. The fourth-order valence-electron chi connectivity index (χ4n) is 4.09. The van der Waals surface area contributed by atoms with Gasteiger partial charge in [0.25, 0.3) is 10.0 Å². The van der Waals surface area contributed by atoms with Gasteiger partial charge in [0, 0.05) is 23.6 Å². The highest BCUT2D eigenvalue weighted by Gasteiger charge is 2.33. The Morgan fingerprint density at radius 3 is 2.20 bits per heavy atom. The molecule has 220 valence electrons. The molecular weight excluding hydrogens is 610 g/mol. The summed E-state index contributed by atoms with van der Waals surface area (Å²) in [5, 5.41) is 2.88. The Morgan fingerprint density at radius 1 is 0.902 bits per heavy atom. The predicted octanol–water partition coefficient (Wildman–Crippen LogP) is 4.85. The first-order valence-corrected chi connectivity index (χ1v) is 15.3. The Morgan fingerprint density at radius 2 is 1.59 bits per heavy atom. The molecule has 0 aliphatic rings. The van der Waals surface area contributed by atoms with E-state index in [1.807, 2.05) is 38.1 Å². The minimum absolute atomic E-state index is 0.0759. The number of ether oxygens (including phenoxy) is 2. The molecule has 0 aliphatic carbocycles. The first-order valence-electron chi connectivity index (χ1n) is 13.1. The van der Waals surface area contributed by atoms with Crippen LogP contribution in [0.15, 0.2) is 82.2 Å². The van der Waals surface area contributed by atoms with Crippen molar-refractivity contribution >= 4 is 43.5 Å². The standard InChI is InChI=1S/C30H36BrN3O6S/c1-21(2)18-32-30(36)22(3)33(19-23-10-9-11-24(31)16-23)29(35)20-34(25-12-7-6-8-13-25)41(37,38)26-14-15-27(39-4)28(17-26)40-5/h6-17,21-22H,18-20H2,1-5H3,(H,32,36)/t22-/m1/s1. The maximum atomic E-state index is 14.0. The third kappa shape index (κ3) is 8.23. The van der Waals surface area contributed by atoms with Crippen molar-refractivity contribution in [1.82, 2.24) is 10.2 Å². The van der Waals surface area contributed by atoms with Crippen LogP contribution in [0.1, 0.15) is 26.3 Å². The number of anilines is 1. The fourth-order valence-corrected chi connectivity index (χ4v) is 5.97. The van der Waals surface area contributed by atoms with E-state index in [1.165, 1.54) is 37.3 Å². The lowest BCUT2D eigenvalue weighted by Gasteiger charge is -2.32. The van der Waals surface area contributed by atoms with Gasteiger partial charge in [-0.3, -0.25) is 13.9 Å². The van der Waals surface area contributed by atoms with Crippen molar-refractivity contribution in [2.75, 3.05) is 31.6 Å². The Bertz CT molecular complexity index is 1450. The highest BCUT2D eigenvalue weighted by molar-refractivity contribution is 9.10. The highest BCUT2D eigenvalue weighted by atomic mass is 79.9. The van der Waals surface area contributed by atoms with Crippen molar-refractivity contribution in [3.63, 3.8) is 0 Å². The van der Waals surface area contributed by atoms with Gasteiger partial charge in [-0.2, -0.15) is 0 Å². The van der Waals surface area contributed by atoms with Crippen LogP contribution in [0.5, 0.6) is 11.5 Å². The molecule has 1 atom stereocenters. The summed E-state index contributed by atoms with van der Waals surface area (Å²) in [7, 11) is -1.37. The molecule has 0 aromatic heterocycles. The summed E-state index contributed by atoms with van der Waals surface area (Å²) in [6.07, 6.45) is 0. The third-order valence-electron chi connectivity index (χ3n) is 6.36. The second-order valence-corrected chi connectivity index (χ2v) is 12.6. The summed E-state index contributed by atoms with van der Waals surface area (Å²) in [5.41, 5.74) is 1.08. The quantitative estimate of drug-likeness (QED) is 0.285. The average Bonchev–Trinajstić information content (AvgIpc) is 2.96. The van der Waals surface area contributed by atoms with Crippen molar-refractivity contribution < 1.29 is 27.5 Å². The van der Waals surface area contributed by atoms with Crippen LogP contribution in [-0.2, 0) is 26.2 Å². The van der Waals surface area contributed by atoms with Crippen molar-refractivity contribution in [2.24, 2.45) is 5.92 Å². The monoisotopic (exact) mass is 645 g/mol. The maximum Gasteiger partial charge on any atom is 0.264 e. The number of nitrogens with zero attached hydrogens (tertiary/aromatic N) is 2. The number of sulfonamides is 1. The number of carbonyl (C=O) groups is 2. The lowest BCUT2D eigenvalue weighted by Crippen LogP contribution is -2.51. The van der Waals surface area contributed by atoms with Crippen LogP contribution in [0.2, 0.25) is 0 Å². The summed E-state index contributed by atoms with van der Waals surface area (Å²) in [6, 6.07) is 19.2. The topological polar surface area (TPSA) is 105 Å². The molecule has 11 heteroatoms. The van der Waals surface area contributed by atoms with E-state index >= 15 is 0 Å². The molecule has 0 saturated heterocycles. The predicted molar refractivity (Wildman–Crippen MR) is 163 cm³/mol. The average molecular weight is 647 g/mol. The Balaban J connectivity index is 2.03. The van der Waals surface area contributed by atoms with Gasteiger partial charge in [-0.05, 0) is 54.8 Å². The van der Waals surface area contributed by atoms with Gasteiger partial charge in [0.15, 0.2) is 11.5 Å². The lowest BCUT2D eigenvalue weighted by molar-refractivity contribution is -0.139. The molecule has 0 fully saturated rings. The van der Waals surface area contributed by atoms with Crippen molar-refractivity contribution in [1.29, 1.82) is 0 Å². The van der Waals surface area contributed by atoms with Gasteiger partial charge in [0.1, 0.15) is 12.6 Å². The van der Waals surface area contributed by atoms with Gasteiger partial charge < -0.3 is 19.7 Å². The number of nitrogens with one attached hydrogen (secondary N) is 1. The fraction of sp³-hybridized carbons (Fsp3) is 0.333. The molecule has 0 bridgehead atoms. The molecule has 3 aromatic carbocycles. The van der Waals surface area contributed by atoms with Crippen LogP contribution < -0.4 is 19.1 Å². The summed E-state index contributed by atoms with van der Waals surface area (Å²) in [4.78, 5) is 28.4. The largest absolute Gasteiger partial charge is 0.493 e. The highest BCUT2D eigenvalue weighted by Crippen LogP contribution is 2.32. The Hall–Kier alpha value is -3.57. The molecule has 9 nitrogen and oxygen atoms in total. The van der Waals surface area contributed by atoms with E-state index in [9.17, 15) is 18.0 Å². The molecule has 0 spiro atoms. The minimum Gasteiger partial charge on any atom is -0.493 e. The zero-order valence-corrected chi connectivity index (χ0v) is 26.2. The zero-order valence-electron chi connectivity index (χ0n) is 23.8. The number of amides is 2. The van der Waals surface area contributed by atoms with Crippen LogP contribution in [0.25, 0.3) is 0 Å². The molecule has 0 saturated carbocycles. The van der Waals surface area contributed by atoms with E-state index in [2.05, 4.69) is 21.2 Å². The maximum absolute atomic E-state index is 14.0. The normalized spacial score (nSPS) is 12.0. The lowest BCUT2D eigenvalue weighted by atomic mass is 10.1. The first kappa shape index (κ1) is 32.0. The number of hydrogen-bond donors (Lipinski definition) is 1. The van der Waals surface area contributed by atoms with E-state index in [-0.39, 0.29) is 29.0 Å². The van der Waals surface area contributed by atoms with Gasteiger partial charge in [-0.15, -0.1) is 0 Å². The van der Waals surface area contributed by atoms with Gasteiger partial charge in [-0.1, -0.05) is 60.1 Å². The van der Waals surface area contributed by atoms with Crippen molar-refractivity contribution in [3.05, 3.63) is 82.8 Å². The second-order valence-electron chi connectivity index (χ2n) is 9.83. The molecule has 0 heterocycles. The number of carbonyl (C=O) groups excluding carboxylic acids is 2. The van der Waals surface area contributed by atoms with E-state index in [1.54, 1.807) is 37.3 Å². The van der Waals surface area contributed by atoms with E-state index < -0.39 is 28.5 Å². The molecule has 3 rings (SSSR count). The zero-order chi connectivity index (χ0) is 30.2. The van der Waals surface area contributed by atoms with Crippen LogP contribution in [0.3, 0.4) is 0 Å². The number of benzene rings is 3. The number of rotatable bonds is 13. The molecule has 3 aromatic rings. The number of para-hydroxylation sites is 1. The van der Waals surface area contributed by atoms with Crippen molar-refractivity contribution in [3.8, 4) is 11.5 Å². The Kier molecular flexibility index (Phi) is 11.2. The van der Waals surface area contributed by atoms with E-state index in [0.29, 0.717) is 18.0 Å². The Labute approximate surface area is 250 Å². The summed E-state index contributed by atoms with van der Waals surface area (Å²) >= 11 is 3.45. The summed E-state index contributed by atoms with van der Waals surface area (Å²) < 4.78 is 40.5. The molecular formula is C30H36BrN3O6S. The smallest absolute Gasteiger partial charge is 0.264 e. The summed E-state index contributed by atoms with van der Waals surface area (Å²) in [6.45, 7) is 5.62. The second kappa shape index (κ2) is 14.4. The van der Waals surface area contributed by atoms with Gasteiger partial charge in [0.05, 0.1) is 24.8 Å². The van der Waals surface area contributed by atoms with Gasteiger partial charge in [-0.25, -0.2) is 8.42 Å². The number of hydrogen-bond acceptors (Lipinski definition) is 6. The summed E-state index contributed by atoms with van der Waals surface area (Å²) in [5.74, 6) is -0.0309. The van der Waals surface area contributed by atoms with Crippen LogP contribution in [-0.4, -0.2) is 58.5 Å². The SMILES string of the molecule is COc1ccc(S(=O)(=O)N(CC(=O)N(Cc2cccc(Br)c2)[C@H](C)C(=O)NCC(C)C)c2ccccc2)cc1OC. The van der Waals surface area contributed by atoms with Crippen LogP contribution in [0, 0.1) is 5.92 Å². The molecule has 0 radical (unpaired) electrons. The molecule has 1 N–H and O–H groups in total. The van der Waals surface area contributed by atoms with Gasteiger partial charge in [0.2, 0.25) is 11.8 Å². The third-order valence-corrected chi connectivity index (χ3v) is 8.62. The van der Waals surface area contributed by atoms with E-state index in [0.717, 1.165) is 14.3 Å². The molecule has 2 amide bonds. The molecule has 0 aliphatic heterocycles. The van der Waals surface area contributed by atoms with Crippen molar-refractivity contribution in [2.45, 2.75) is 38.3 Å². The first-order chi connectivity index (χ1) is 19.5. The molecule has 0 unspecified atom stereocenters. The number of halogens is 1.